The van der Waals surface area contributed by atoms with E-state index < -0.39 is 5.92 Å². The van der Waals surface area contributed by atoms with Crippen molar-refractivity contribution in [2.75, 3.05) is 27.9 Å². The molecule has 1 atom stereocenters. The molecule has 29 heavy (non-hydrogen) atoms. The first kappa shape index (κ1) is 20.3. The van der Waals surface area contributed by atoms with Crippen LogP contribution in [0, 0.1) is 18.3 Å². The lowest BCUT2D eigenvalue weighted by Gasteiger charge is -2.27. The zero-order valence-electron chi connectivity index (χ0n) is 16.8. The molecule has 3 rings (SSSR count). The van der Waals surface area contributed by atoms with E-state index in [1.54, 1.807) is 35.9 Å². The number of ether oxygens (including phenoxy) is 4. The van der Waals surface area contributed by atoms with Crippen molar-refractivity contribution in [3.05, 3.63) is 62.9 Å². The maximum Gasteiger partial charge on any atom is 0.258 e. The smallest absolute Gasteiger partial charge is 0.258 e. The van der Waals surface area contributed by atoms with Crippen molar-refractivity contribution in [2.45, 2.75) is 19.4 Å². The Kier molecular flexibility index (Phi) is 5.80. The molecule has 2 N–H and O–H groups in total. The molecule has 2 aromatic rings. The molecule has 2 heterocycles. The molecule has 0 amide bonds. The second kappa shape index (κ2) is 8.29. The van der Waals surface area contributed by atoms with Crippen LogP contribution >= 0.6 is 0 Å². The van der Waals surface area contributed by atoms with Gasteiger partial charge in [0.15, 0.2) is 11.5 Å². The van der Waals surface area contributed by atoms with Gasteiger partial charge in [-0.1, -0.05) is 6.07 Å². The van der Waals surface area contributed by atoms with Gasteiger partial charge in [0.25, 0.3) is 5.56 Å². The number of rotatable bonds is 6. The van der Waals surface area contributed by atoms with Crippen molar-refractivity contribution in [1.29, 1.82) is 5.26 Å². The molecular weight excluding hydrogens is 374 g/mol. The number of allylic oxidation sites excluding steroid dienone is 1. The average Bonchev–Trinajstić information content (AvgIpc) is 2.72. The van der Waals surface area contributed by atoms with Gasteiger partial charge in [0.05, 0.1) is 32.3 Å². The standard InChI is InChI=1S/C21H23N3O5/c1-12-9-17-19(21(25)24(12)7-8-26-2)18(14(11-22)20(23)29-17)13-5-6-15(27-3)16(10-13)28-4/h5-6,9-10,18H,7-8,23H2,1-4H3/t18-/m1/s1. The summed E-state index contributed by atoms with van der Waals surface area (Å²) in [6.07, 6.45) is 0. The molecule has 0 saturated heterocycles. The fourth-order valence-electron chi connectivity index (χ4n) is 3.51. The zero-order valence-corrected chi connectivity index (χ0v) is 16.8. The molecular formula is C21H23N3O5. The first-order chi connectivity index (χ1) is 14.0. The third-order valence-corrected chi connectivity index (χ3v) is 4.95. The number of methoxy groups -OCH3 is 3. The lowest BCUT2D eigenvalue weighted by molar-refractivity contribution is 0.185. The third kappa shape index (κ3) is 3.52. The fraction of sp³-hybridized carbons (Fsp3) is 0.333. The summed E-state index contributed by atoms with van der Waals surface area (Å²) in [5.74, 6) is 0.664. The van der Waals surface area contributed by atoms with E-state index in [9.17, 15) is 10.1 Å². The number of fused-ring (bicyclic) bond motifs is 1. The van der Waals surface area contributed by atoms with Crippen LogP contribution in [0.5, 0.6) is 17.2 Å². The van der Waals surface area contributed by atoms with Crippen LogP contribution in [-0.2, 0) is 11.3 Å². The van der Waals surface area contributed by atoms with Crippen LogP contribution in [0.15, 0.2) is 40.5 Å². The van der Waals surface area contributed by atoms with E-state index in [1.165, 1.54) is 14.2 Å². The Morgan fingerprint density at radius 3 is 2.55 bits per heavy atom. The Bertz CT molecular complexity index is 1070. The zero-order chi connectivity index (χ0) is 21.1. The number of hydrogen-bond donors (Lipinski definition) is 1. The predicted octanol–water partition coefficient (Wildman–Crippen LogP) is 2.04. The highest BCUT2D eigenvalue weighted by atomic mass is 16.5. The largest absolute Gasteiger partial charge is 0.493 e. The van der Waals surface area contributed by atoms with E-state index >= 15 is 0 Å². The summed E-state index contributed by atoms with van der Waals surface area (Å²) in [5.41, 5.74) is 7.68. The van der Waals surface area contributed by atoms with Gasteiger partial charge < -0.3 is 29.2 Å². The van der Waals surface area contributed by atoms with Gasteiger partial charge in [-0.2, -0.15) is 5.26 Å². The molecule has 0 saturated carbocycles. The van der Waals surface area contributed by atoms with E-state index in [0.29, 0.717) is 47.2 Å². The predicted molar refractivity (Wildman–Crippen MR) is 106 cm³/mol. The van der Waals surface area contributed by atoms with E-state index in [4.69, 9.17) is 24.7 Å². The maximum atomic E-state index is 13.4. The lowest BCUT2D eigenvalue weighted by Crippen LogP contribution is -2.33. The average molecular weight is 397 g/mol. The minimum atomic E-state index is -0.689. The number of pyridine rings is 1. The van der Waals surface area contributed by atoms with Gasteiger partial charge in [-0.05, 0) is 24.6 Å². The van der Waals surface area contributed by atoms with Crippen molar-refractivity contribution in [1.82, 2.24) is 4.57 Å². The van der Waals surface area contributed by atoms with Crippen LogP contribution in [0.4, 0.5) is 0 Å². The third-order valence-electron chi connectivity index (χ3n) is 4.95. The number of aromatic nitrogens is 1. The second-order valence-corrected chi connectivity index (χ2v) is 6.55. The molecule has 1 aromatic carbocycles. The quantitative estimate of drug-likeness (QED) is 0.794. The summed E-state index contributed by atoms with van der Waals surface area (Å²) in [7, 11) is 4.64. The summed E-state index contributed by atoms with van der Waals surface area (Å²) >= 11 is 0. The van der Waals surface area contributed by atoms with Crippen molar-refractivity contribution in [2.24, 2.45) is 5.73 Å². The van der Waals surface area contributed by atoms with Crippen LogP contribution in [0.3, 0.4) is 0 Å². The highest BCUT2D eigenvalue weighted by Crippen LogP contribution is 2.42. The summed E-state index contributed by atoms with van der Waals surface area (Å²) in [6, 6.07) is 9.10. The van der Waals surface area contributed by atoms with Gasteiger partial charge in [-0.25, -0.2) is 0 Å². The van der Waals surface area contributed by atoms with Gasteiger partial charge >= 0.3 is 0 Å². The molecule has 0 radical (unpaired) electrons. The minimum Gasteiger partial charge on any atom is -0.493 e. The van der Waals surface area contributed by atoms with Gasteiger partial charge in [0.2, 0.25) is 5.88 Å². The van der Waals surface area contributed by atoms with Crippen LogP contribution in [0.2, 0.25) is 0 Å². The Balaban J connectivity index is 2.27. The molecule has 8 heteroatoms. The Morgan fingerprint density at radius 1 is 1.21 bits per heavy atom. The first-order valence-corrected chi connectivity index (χ1v) is 8.99. The van der Waals surface area contributed by atoms with E-state index in [1.807, 2.05) is 6.92 Å². The van der Waals surface area contributed by atoms with Crippen LogP contribution < -0.4 is 25.5 Å². The van der Waals surface area contributed by atoms with E-state index in [-0.39, 0.29) is 17.0 Å². The number of nitrogens with two attached hydrogens (primary N) is 1. The van der Waals surface area contributed by atoms with Crippen molar-refractivity contribution >= 4 is 0 Å². The number of nitriles is 1. The van der Waals surface area contributed by atoms with Gasteiger partial charge in [0.1, 0.15) is 17.4 Å². The van der Waals surface area contributed by atoms with Crippen molar-refractivity contribution in [3.8, 4) is 23.3 Å². The van der Waals surface area contributed by atoms with E-state index in [0.717, 1.165) is 0 Å². The van der Waals surface area contributed by atoms with E-state index in [2.05, 4.69) is 6.07 Å². The normalized spacial score (nSPS) is 15.3. The van der Waals surface area contributed by atoms with Gasteiger partial charge in [-0.15, -0.1) is 0 Å². The molecule has 8 nitrogen and oxygen atoms in total. The highest BCUT2D eigenvalue weighted by Gasteiger charge is 2.34. The highest BCUT2D eigenvalue weighted by molar-refractivity contribution is 5.57. The van der Waals surface area contributed by atoms with Crippen LogP contribution in [0.1, 0.15) is 22.7 Å². The summed E-state index contributed by atoms with van der Waals surface area (Å²) < 4.78 is 23.1. The van der Waals surface area contributed by atoms with Gasteiger partial charge in [-0.3, -0.25) is 4.79 Å². The topological polar surface area (TPSA) is 109 Å². The lowest BCUT2D eigenvalue weighted by atomic mass is 9.84. The molecule has 1 aromatic heterocycles. The summed E-state index contributed by atoms with van der Waals surface area (Å²) in [4.78, 5) is 13.4. The monoisotopic (exact) mass is 397 g/mol. The second-order valence-electron chi connectivity index (χ2n) is 6.55. The summed E-state index contributed by atoms with van der Waals surface area (Å²) in [5, 5.41) is 9.75. The molecule has 1 aliphatic rings. The Hall–Kier alpha value is -3.44. The van der Waals surface area contributed by atoms with Crippen LogP contribution in [-0.4, -0.2) is 32.5 Å². The first-order valence-electron chi connectivity index (χ1n) is 8.99. The Labute approximate surface area is 168 Å². The molecule has 152 valence electrons. The molecule has 0 spiro atoms. The number of hydrogen-bond acceptors (Lipinski definition) is 7. The number of benzene rings is 1. The van der Waals surface area contributed by atoms with Crippen LogP contribution in [0.25, 0.3) is 0 Å². The van der Waals surface area contributed by atoms with Crippen molar-refractivity contribution < 1.29 is 18.9 Å². The fourth-order valence-corrected chi connectivity index (χ4v) is 3.51. The van der Waals surface area contributed by atoms with Crippen molar-refractivity contribution in [3.63, 3.8) is 0 Å². The maximum absolute atomic E-state index is 13.4. The molecule has 0 bridgehead atoms. The molecule has 0 aliphatic carbocycles. The number of aryl methyl sites for hydroxylation is 1. The molecule has 0 unspecified atom stereocenters. The molecule has 0 fully saturated rings. The summed E-state index contributed by atoms with van der Waals surface area (Å²) in [6.45, 7) is 2.57. The SMILES string of the molecule is COCCn1c(C)cc2c(c1=O)[C@H](c1ccc(OC)c(OC)c1)C(C#N)=C(N)O2. The number of nitrogens with zero attached hydrogens (tertiary/aromatic N) is 2. The Morgan fingerprint density at radius 2 is 1.93 bits per heavy atom. The van der Waals surface area contributed by atoms with Gasteiger partial charge in [0, 0.05) is 25.4 Å². The minimum absolute atomic E-state index is 0.0202. The molecule has 1 aliphatic heterocycles.